The molecule has 1 aromatic rings. The molecular formula is C16H26ClNO. The number of unbranched alkanes of at least 4 members (excludes halogenated alkanes) is 2. The van der Waals surface area contributed by atoms with Crippen molar-refractivity contribution in [2.75, 3.05) is 11.4 Å². The van der Waals surface area contributed by atoms with Gasteiger partial charge in [0.15, 0.2) is 0 Å². The number of nitrogens with zero attached hydrogens (tertiary/aromatic N) is 1. The molecule has 0 aliphatic carbocycles. The minimum atomic E-state index is -0.473. The summed E-state index contributed by atoms with van der Waals surface area (Å²) in [6.07, 6.45) is 3.18. The van der Waals surface area contributed by atoms with Crippen molar-refractivity contribution in [3.8, 4) is 0 Å². The van der Waals surface area contributed by atoms with Crippen LogP contribution in [0.25, 0.3) is 0 Å². The fourth-order valence-electron chi connectivity index (χ4n) is 2.20. The second-order valence-corrected chi connectivity index (χ2v) is 5.79. The Morgan fingerprint density at radius 3 is 2.37 bits per heavy atom. The highest BCUT2D eigenvalue weighted by atomic mass is 35.5. The molecule has 0 amide bonds. The van der Waals surface area contributed by atoms with Crippen LogP contribution >= 0.6 is 11.6 Å². The molecule has 1 rings (SSSR count). The molecule has 2 nitrogen and oxygen atoms in total. The number of anilines is 1. The molecule has 0 bridgehead atoms. The van der Waals surface area contributed by atoms with Gasteiger partial charge in [0.1, 0.15) is 0 Å². The Morgan fingerprint density at radius 1 is 1.21 bits per heavy atom. The van der Waals surface area contributed by atoms with E-state index in [0.29, 0.717) is 6.04 Å². The molecule has 1 N–H and O–H groups in total. The van der Waals surface area contributed by atoms with Gasteiger partial charge < -0.3 is 10.0 Å². The van der Waals surface area contributed by atoms with Crippen molar-refractivity contribution >= 4 is 17.3 Å². The molecule has 1 aromatic carbocycles. The van der Waals surface area contributed by atoms with Gasteiger partial charge in [-0.15, -0.1) is 0 Å². The summed E-state index contributed by atoms with van der Waals surface area (Å²) in [5.74, 6) is 0. The normalized spacial score (nSPS) is 12.8. The lowest BCUT2D eigenvalue weighted by Gasteiger charge is -2.30. The highest BCUT2D eigenvalue weighted by molar-refractivity contribution is 6.33. The van der Waals surface area contributed by atoms with Crippen LogP contribution in [0.1, 0.15) is 58.6 Å². The van der Waals surface area contributed by atoms with Crippen molar-refractivity contribution in [1.82, 2.24) is 0 Å². The zero-order valence-electron chi connectivity index (χ0n) is 12.5. The summed E-state index contributed by atoms with van der Waals surface area (Å²) in [5.41, 5.74) is 1.93. The standard InChI is InChI=1S/C16H26ClNO/c1-5-6-7-10-18(12(2)3)16-9-8-14(13(4)19)11-15(16)17/h8-9,11-13,19H,5-7,10H2,1-4H3/t13-/m1/s1. The summed E-state index contributed by atoms with van der Waals surface area (Å²) in [5, 5.41) is 10.3. The summed E-state index contributed by atoms with van der Waals surface area (Å²) in [4.78, 5) is 2.34. The monoisotopic (exact) mass is 283 g/mol. The lowest BCUT2D eigenvalue weighted by atomic mass is 10.1. The molecule has 0 radical (unpaired) electrons. The van der Waals surface area contributed by atoms with Gasteiger partial charge in [-0.2, -0.15) is 0 Å². The third-order valence-electron chi connectivity index (χ3n) is 3.39. The quantitative estimate of drug-likeness (QED) is 0.727. The molecule has 1 atom stereocenters. The Labute approximate surface area is 122 Å². The van der Waals surface area contributed by atoms with Gasteiger partial charge in [0, 0.05) is 12.6 Å². The lowest BCUT2D eigenvalue weighted by molar-refractivity contribution is 0.199. The van der Waals surface area contributed by atoms with Gasteiger partial charge in [0.05, 0.1) is 16.8 Å². The van der Waals surface area contributed by atoms with Crippen molar-refractivity contribution in [3.05, 3.63) is 28.8 Å². The van der Waals surface area contributed by atoms with E-state index in [9.17, 15) is 5.11 Å². The zero-order valence-corrected chi connectivity index (χ0v) is 13.2. The van der Waals surface area contributed by atoms with E-state index < -0.39 is 6.10 Å². The highest BCUT2D eigenvalue weighted by Crippen LogP contribution is 2.30. The fraction of sp³-hybridized carbons (Fsp3) is 0.625. The van der Waals surface area contributed by atoms with Gasteiger partial charge in [-0.05, 0) is 44.9 Å². The summed E-state index contributed by atoms with van der Waals surface area (Å²) >= 11 is 6.37. The van der Waals surface area contributed by atoms with Crippen LogP contribution in [0, 0.1) is 0 Å². The third kappa shape index (κ3) is 4.70. The summed E-state index contributed by atoms with van der Waals surface area (Å²) in [6, 6.07) is 6.28. The fourth-order valence-corrected chi connectivity index (χ4v) is 2.50. The lowest BCUT2D eigenvalue weighted by Crippen LogP contribution is -2.32. The van der Waals surface area contributed by atoms with E-state index in [1.165, 1.54) is 19.3 Å². The van der Waals surface area contributed by atoms with Crippen LogP contribution in [-0.2, 0) is 0 Å². The molecule has 19 heavy (non-hydrogen) atoms. The molecule has 0 saturated carbocycles. The summed E-state index contributed by atoms with van der Waals surface area (Å²) in [6.45, 7) is 9.37. The topological polar surface area (TPSA) is 23.5 Å². The van der Waals surface area contributed by atoms with Crippen molar-refractivity contribution in [3.63, 3.8) is 0 Å². The first kappa shape index (κ1) is 16.3. The largest absolute Gasteiger partial charge is 0.389 e. The average molecular weight is 284 g/mol. The van der Waals surface area contributed by atoms with E-state index in [1.807, 2.05) is 18.2 Å². The minimum absolute atomic E-state index is 0.423. The SMILES string of the molecule is CCCCCN(c1ccc([C@@H](C)O)cc1Cl)C(C)C. The second-order valence-electron chi connectivity index (χ2n) is 5.38. The number of benzene rings is 1. The van der Waals surface area contributed by atoms with Crippen molar-refractivity contribution in [2.45, 2.75) is 59.1 Å². The van der Waals surface area contributed by atoms with Crippen LogP contribution in [0.2, 0.25) is 5.02 Å². The van der Waals surface area contributed by atoms with Crippen LogP contribution in [0.5, 0.6) is 0 Å². The Balaban J connectivity index is 2.90. The summed E-state index contributed by atoms with van der Waals surface area (Å²) < 4.78 is 0. The van der Waals surface area contributed by atoms with E-state index in [-0.39, 0.29) is 0 Å². The number of halogens is 1. The number of rotatable bonds is 7. The first-order valence-electron chi connectivity index (χ1n) is 7.21. The van der Waals surface area contributed by atoms with E-state index in [0.717, 1.165) is 22.8 Å². The predicted octanol–water partition coefficient (Wildman–Crippen LogP) is 4.80. The molecule has 0 aliphatic heterocycles. The number of aliphatic hydroxyl groups excluding tert-OH is 1. The van der Waals surface area contributed by atoms with Gasteiger partial charge in [0.25, 0.3) is 0 Å². The Morgan fingerprint density at radius 2 is 1.89 bits per heavy atom. The molecule has 0 unspecified atom stereocenters. The van der Waals surface area contributed by atoms with E-state index in [4.69, 9.17) is 11.6 Å². The molecular weight excluding hydrogens is 258 g/mol. The van der Waals surface area contributed by atoms with Gasteiger partial charge in [-0.3, -0.25) is 0 Å². The molecule has 0 fully saturated rings. The number of hydrogen-bond donors (Lipinski definition) is 1. The number of aliphatic hydroxyl groups is 1. The maximum Gasteiger partial charge on any atom is 0.0762 e. The maximum absolute atomic E-state index is 9.59. The predicted molar refractivity (Wildman–Crippen MR) is 84.1 cm³/mol. The van der Waals surface area contributed by atoms with Crippen LogP contribution in [0.3, 0.4) is 0 Å². The Kier molecular flexibility index (Phi) is 6.67. The zero-order chi connectivity index (χ0) is 14.4. The van der Waals surface area contributed by atoms with Crippen molar-refractivity contribution in [1.29, 1.82) is 0 Å². The summed E-state index contributed by atoms with van der Waals surface area (Å²) in [7, 11) is 0. The molecule has 3 heteroatoms. The maximum atomic E-state index is 9.59. The van der Waals surface area contributed by atoms with Crippen LogP contribution in [0.15, 0.2) is 18.2 Å². The van der Waals surface area contributed by atoms with Crippen LogP contribution in [-0.4, -0.2) is 17.7 Å². The van der Waals surface area contributed by atoms with Crippen molar-refractivity contribution < 1.29 is 5.11 Å². The minimum Gasteiger partial charge on any atom is -0.389 e. The number of hydrogen-bond acceptors (Lipinski definition) is 2. The van der Waals surface area contributed by atoms with Crippen LogP contribution in [0.4, 0.5) is 5.69 Å². The smallest absolute Gasteiger partial charge is 0.0762 e. The molecule has 0 saturated heterocycles. The highest BCUT2D eigenvalue weighted by Gasteiger charge is 2.14. The van der Waals surface area contributed by atoms with Crippen LogP contribution < -0.4 is 4.90 Å². The van der Waals surface area contributed by atoms with Gasteiger partial charge in [-0.1, -0.05) is 37.4 Å². The molecule has 0 heterocycles. The first-order chi connectivity index (χ1) is 8.97. The van der Waals surface area contributed by atoms with Gasteiger partial charge in [0.2, 0.25) is 0 Å². The molecule has 0 aromatic heterocycles. The molecule has 0 aliphatic rings. The van der Waals surface area contributed by atoms with Gasteiger partial charge in [-0.25, -0.2) is 0 Å². The van der Waals surface area contributed by atoms with E-state index >= 15 is 0 Å². The Bertz CT molecular complexity index is 390. The van der Waals surface area contributed by atoms with E-state index in [1.54, 1.807) is 6.92 Å². The van der Waals surface area contributed by atoms with E-state index in [2.05, 4.69) is 25.7 Å². The third-order valence-corrected chi connectivity index (χ3v) is 3.69. The molecule has 108 valence electrons. The first-order valence-corrected chi connectivity index (χ1v) is 7.59. The second kappa shape index (κ2) is 7.76. The van der Waals surface area contributed by atoms with Gasteiger partial charge >= 0.3 is 0 Å². The average Bonchev–Trinajstić information content (AvgIpc) is 2.35. The molecule has 0 spiro atoms. The van der Waals surface area contributed by atoms with Crippen molar-refractivity contribution in [2.24, 2.45) is 0 Å². The Hall–Kier alpha value is -0.730.